The zero-order valence-corrected chi connectivity index (χ0v) is 10.3. The highest BCUT2D eigenvalue weighted by Crippen LogP contribution is 2.31. The minimum atomic E-state index is 0.732. The summed E-state index contributed by atoms with van der Waals surface area (Å²) >= 11 is 5.99. The lowest BCUT2D eigenvalue weighted by atomic mass is 10.2. The second kappa shape index (κ2) is 4.55. The van der Waals surface area contributed by atoms with Crippen molar-refractivity contribution >= 4 is 28.8 Å². The van der Waals surface area contributed by atoms with Gasteiger partial charge in [0.1, 0.15) is 5.84 Å². The number of rotatable bonds is 0. The Bertz CT molecular complexity index is 452. The van der Waals surface area contributed by atoms with Gasteiger partial charge in [0.15, 0.2) is 0 Å². The van der Waals surface area contributed by atoms with Gasteiger partial charge in [-0.3, -0.25) is 0 Å². The molecule has 2 aliphatic heterocycles. The summed E-state index contributed by atoms with van der Waals surface area (Å²) < 4.78 is 0. The first kappa shape index (κ1) is 10.9. The summed E-state index contributed by atoms with van der Waals surface area (Å²) in [6, 6.07) is 5.78. The van der Waals surface area contributed by atoms with Gasteiger partial charge >= 0.3 is 0 Å². The molecule has 2 heterocycles. The largest absolute Gasteiger partial charge is 0.376 e. The van der Waals surface area contributed by atoms with Crippen LogP contribution in [-0.4, -0.2) is 43.5 Å². The number of fused-ring (bicyclic) bond motifs is 1. The quantitative estimate of drug-likeness (QED) is 0.736. The third kappa shape index (κ3) is 2.23. The molecule has 0 unspecified atom stereocenters. The van der Waals surface area contributed by atoms with Crippen LogP contribution in [0.25, 0.3) is 0 Å². The van der Waals surface area contributed by atoms with E-state index in [2.05, 4.69) is 15.5 Å². The number of amidine groups is 1. The van der Waals surface area contributed by atoms with E-state index in [1.165, 1.54) is 0 Å². The molecule has 0 radical (unpaired) electrons. The second-order valence-corrected chi connectivity index (χ2v) is 4.72. The molecule has 90 valence electrons. The molecule has 1 aromatic carbocycles. The maximum Gasteiger partial charge on any atom is 0.124 e. The molecule has 2 aliphatic rings. The first-order valence-electron chi connectivity index (χ1n) is 5.89. The van der Waals surface area contributed by atoms with Gasteiger partial charge in [0.25, 0.3) is 0 Å². The molecule has 1 saturated heterocycles. The Morgan fingerprint density at radius 2 is 2.06 bits per heavy atom. The molecular formula is C12H15ClN4. The van der Waals surface area contributed by atoms with E-state index in [-0.39, 0.29) is 0 Å². The second-order valence-electron chi connectivity index (χ2n) is 4.28. The lowest BCUT2D eigenvalue weighted by molar-refractivity contribution is 0.354. The van der Waals surface area contributed by atoms with Gasteiger partial charge in [-0.15, -0.1) is 0 Å². The maximum absolute atomic E-state index is 5.99. The van der Waals surface area contributed by atoms with Crippen LogP contribution in [0, 0.1) is 0 Å². The highest BCUT2D eigenvalue weighted by molar-refractivity contribution is 6.31. The van der Waals surface area contributed by atoms with Gasteiger partial charge in [-0.1, -0.05) is 11.6 Å². The molecule has 3 rings (SSSR count). The Morgan fingerprint density at radius 3 is 2.88 bits per heavy atom. The van der Waals surface area contributed by atoms with Crippen molar-refractivity contribution in [1.29, 1.82) is 0 Å². The molecule has 0 atom stereocenters. The van der Waals surface area contributed by atoms with Gasteiger partial charge in [0, 0.05) is 31.2 Å². The van der Waals surface area contributed by atoms with E-state index in [0.717, 1.165) is 55.0 Å². The summed E-state index contributed by atoms with van der Waals surface area (Å²) in [7, 11) is 0. The number of aliphatic imine (C=N–C) groups is 1. The lowest BCUT2D eigenvalue weighted by Gasteiger charge is -2.32. The highest BCUT2D eigenvalue weighted by Gasteiger charge is 2.18. The molecule has 1 aromatic rings. The van der Waals surface area contributed by atoms with Crippen LogP contribution < -0.4 is 10.6 Å². The van der Waals surface area contributed by atoms with Crippen molar-refractivity contribution in [3.63, 3.8) is 0 Å². The maximum atomic E-state index is 5.99. The molecule has 2 N–H and O–H groups in total. The molecule has 4 nitrogen and oxygen atoms in total. The van der Waals surface area contributed by atoms with Crippen LogP contribution in [0.2, 0.25) is 5.02 Å². The van der Waals surface area contributed by atoms with E-state index >= 15 is 0 Å². The summed E-state index contributed by atoms with van der Waals surface area (Å²) in [5.74, 6) is 1.11. The van der Waals surface area contributed by atoms with E-state index < -0.39 is 0 Å². The third-order valence-electron chi connectivity index (χ3n) is 3.13. The Balaban J connectivity index is 1.87. The van der Waals surface area contributed by atoms with Crippen molar-refractivity contribution in [2.24, 2.45) is 4.99 Å². The molecule has 5 heteroatoms. The Morgan fingerprint density at radius 1 is 1.24 bits per heavy atom. The van der Waals surface area contributed by atoms with Crippen molar-refractivity contribution < 1.29 is 0 Å². The predicted octanol–water partition coefficient (Wildman–Crippen LogP) is 1.70. The molecule has 0 aliphatic carbocycles. The van der Waals surface area contributed by atoms with Crippen molar-refractivity contribution in [3.05, 3.63) is 23.2 Å². The minimum absolute atomic E-state index is 0.732. The summed E-state index contributed by atoms with van der Waals surface area (Å²) in [6.45, 7) is 4.91. The monoisotopic (exact) mass is 250 g/mol. The highest BCUT2D eigenvalue weighted by atomic mass is 35.5. The number of hydrogen-bond donors (Lipinski definition) is 2. The van der Waals surface area contributed by atoms with Crippen LogP contribution in [0.5, 0.6) is 0 Å². The number of hydrogen-bond acceptors (Lipinski definition) is 4. The average molecular weight is 251 g/mol. The van der Waals surface area contributed by atoms with Gasteiger partial charge in [-0.05, 0) is 18.2 Å². The smallest absolute Gasteiger partial charge is 0.124 e. The minimum Gasteiger partial charge on any atom is -0.376 e. The molecular weight excluding hydrogens is 236 g/mol. The summed E-state index contributed by atoms with van der Waals surface area (Å²) in [4.78, 5) is 7.02. The molecule has 17 heavy (non-hydrogen) atoms. The molecule has 0 bridgehead atoms. The summed E-state index contributed by atoms with van der Waals surface area (Å²) in [6.07, 6.45) is 0. The number of anilines is 1. The summed E-state index contributed by atoms with van der Waals surface area (Å²) in [5, 5.41) is 7.46. The van der Waals surface area contributed by atoms with Crippen molar-refractivity contribution in [1.82, 2.24) is 10.2 Å². The van der Waals surface area contributed by atoms with Crippen LogP contribution in [0.15, 0.2) is 23.2 Å². The van der Waals surface area contributed by atoms with Crippen LogP contribution in [-0.2, 0) is 0 Å². The number of piperazine rings is 1. The van der Waals surface area contributed by atoms with Crippen molar-refractivity contribution in [2.45, 2.75) is 0 Å². The summed E-state index contributed by atoms with van der Waals surface area (Å²) in [5.41, 5.74) is 2.01. The van der Waals surface area contributed by atoms with Gasteiger partial charge < -0.3 is 15.5 Å². The van der Waals surface area contributed by atoms with E-state index in [4.69, 9.17) is 16.6 Å². The zero-order valence-electron chi connectivity index (χ0n) is 9.54. The van der Waals surface area contributed by atoms with Gasteiger partial charge in [-0.2, -0.15) is 0 Å². The lowest BCUT2D eigenvalue weighted by Crippen LogP contribution is -2.48. The van der Waals surface area contributed by atoms with Crippen molar-refractivity contribution in [2.75, 3.05) is 38.0 Å². The van der Waals surface area contributed by atoms with Gasteiger partial charge in [0.2, 0.25) is 0 Å². The van der Waals surface area contributed by atoms with Crippen LogP contribution in [0.3, 0.4) is 0 Å². The molecule has 0 aromatic heterocycles. The molecule has 1 fully saturated rings. The fourth-order valence-corrected chi connectivity index (χ4v) is 2.37. The Hall–Kier alpha value is -1.26. The number of nitrogens with one attached hydrogen (secondary N) is 2. The first-order valence-corrected chi connectivity index (χ1v) is 6.27. The predicted molar refractivity (Wildman–Crippen MR) is 71.5 cm³/mol. The zero-order chi connectivity index (χ0) is 11.7. The van der Waals surface area contributed by atoms with E-state index in [1.54, 1.807) is 0 Å². The van der Waals surface area contributed by atoms with Crippen molar-refractivity contribution in [3.8, 4) is 0 Å². The third-order valence-corrected chi connectivity index (χ3v) is 3.36. The molecule has 0 saturated carbocycles. The molecule has 0 spiro atoms. The topological polar surface area (TPSA) is 39.7 Å². The first-order chi connectivity index (χ1) is 8.33. The van der Waals surface area contributed by atoms with Crippen LogP contribution in [0.1, 0.15) is 0 Å². The normalized spacial score (nSPS) is 19.4. The van der Waals surface area contributed by atoms with Gasteiger partial charge in [-0.25, -0.2) is 4.99 Å². The SMILES string of the molecule is Clc1ccc2c(c1)N=C(N1CCNCC1)CN2. The Labute approximate surface area is 106 Å². The number of halogens is 1. The van der Waals surface area contributed by atoms with Crippen LogP contribution >= 0.6 is 11.6 Å². The van der Waals surface area contributed by atoms with Gasteiger partial charge in [0.05, 0.1) is 17.9 Å². The fourth-order valence-electron chi connectivity index (χ4n) is 2.21. The number of nitrogens with zero attached hydrogens (tertiary/aromatic N) is 2. The van der Waals surface area contributed by atoms with E-state index in [1.807, 2.05) is 18.2 Å². The van der Waals surface area contributed by atoms with E-state index in [9.17, 15) is 0 Å². The average Bonchev–Trinajstić information content (AvgIpc) is 2.39. The Kier molecular flexibility index (Phi) is 2.91. The van der Waals surface area contributed by atoms with Crippen LogP contribution in [0.4, 0.5) is 11.4 Å². The fraction of sp³-hybridized carbons (Fsp3) is 0.417. The standard InChI is InChI=1S/C12H15ClN4/c13-9-1-2-10-11(7-9)16-12(8-15-10)17-5-3-14-4-6-17/h1-2,7,14-15H,3-6,8H2. The molecule has 0 amide bonds. The van der Waals surface area contributed by atoms with E-state index in [0.29, 0.717) is 0 Å². The number of benzene rings is 1.